The number of benzene rings is 2. The molecule has 8 heteroatoms. The van der Waals surface area contributed by atoms with E-state index in [2.05, 4.69) is 10.6 Å². The third-order valence-corrected chi connectivity index (χ3v) is 6.39. The van der Waals surface area contributed by atoms with Gasteiger partial charge in [-0.05, 0) is 58.1 Å². The fraction of sp³-hybridized carbons (Fsp3) is 0.500. The number of carbonyl (C=O) groups excluding carboxylic acids is 3. The first-order valence-electron chi connectivity index (χ1n) is 13.4. The van der Waals surface area contributed by atoms with Gasteiger partial charge in [0.05, 0.1) is 0 Å². The minimum absolute atomic E-state index is 0.0127. The van der Waals surface area contributed by atoms with Crippen molar-refractivity contribution in [2.45, 2.75) is 90.4 Å². The second-order valence-electron chi connectivity index (χ2n) is 10.9. The van der Waals surface area contributed by atoms with Gasteiger partial charge in [-0.3, -0.25) is 9.59 Å². The van der Waals surface area contributed by atoms with Crippen molar-refractivity contribution in [2.75, 3.05) is 6.54 Å². The lowest BCUT2D eigenvalue weighted by molar-refractivity contribution is -0.143. The van der Waals surface area contributed by atoms with Gasteiger partial charge in [-0.1, -0.05) is 61.9 Å². The first-order valence-corrected chi connectivity index (χ1v) is 13.4. The van der Waals surface area contributed by atoms with Gasteiger partial charge in [-0.2, -0.15) is 0 Å². The van der Waals surface area contributed by atoms with Crippen molar-refractivity contribution in [3.8, 4) is 5.75 Å². The molecule has 38 heavy (non-hydrogen) atoms. The van der Waals surface area contributed by atoms with Crippen LogP contribution in [0.25, 0.3) is 0 Å². The quantitative estimate of drug-likeness (QED) is 0.367. The van der Waals surface area contributed by atoms with Gasteiger partial charge in [0.25, 0.3) is 0 Å². The zero-order valence-corrected chi connectivity index (χ0v) is 23.1. The number of aromatic hydroxyl groups is 1. The maximum Gasteiger partial charge on any atom is 0.408 e. The van der Waals surface area contributed by atoms with Crippen LogP contribution < -0.4 is 10.6 Å². The Bertz CT molecular complexity index is 1110. The summed E-state index contributed by atoms with van der Waals surface area (Å²) in [5, 5.41) is 16.7. The van der Waals surface area contributed by atoms with E-state index in [4.69, 9.17) is 4.74 Å². The Morgan fingerprint density at radius 1 is 1.08 bits per heavy atom. The minimum Gasteiger partial charge on any atom is -0.507 e. The third-order valence-electron chi connectivity index (χ3n) is 6.39. The average molecular weight is 524 g/mol. The topological polar surface area (TPSA) is 108 Å². The molecule has 0 bridgehead atoms. The Hall–Kier alpha value is -3.55. The van der Waals surface area contributed by atoms with Gasteiger partial charge < -0.3 is 25.4 Å². The van der Waals surface area contributed by atoms with Crippen molar-refractivity contribution < 1.29 is 24.2 Å². The summed E-state index contributed by atoms with van der Waals surface area (Å²) in [6, 6.07) is 12.4. The Balaban J connectivity index is 2.01. The van der Waals surface area contributed by atoms with E-state index in [1.807, 2.05) is 37.3 Å². The highest BCUT2D eigenvalue weighted by Gasteiger charge is 2.45. The number of ether oxygens (including phenoxy) is 1. The molecule has 2 unspecified atom stereocenters. The summed E-state index contributed by atoms with van der Waals surface area (Å²) in [6.07, 6.45) is 2.71. The molecule has 2 aromatic rings. The number of hydrogen-bond acceptors (Lipinski definition) is 5. The summed E-state index contributed by atoms with van der Waals surface area (Å²) in [5.74, 6) is -0.754. The highest BCUT2D eigenvalue weighted by Crippen LogP contribution is 2.39. The smallest absolute Gasteiger partial charge is 0.408 e. The summed E-state index contributed by atoms with van der Waals surface area (Å²) in [4.78, 5) is 42.2. The Morgan fingerprint density at radius 3 is 2.37 bits per heavy atom. The molecule has 3 rings (SSSR count). The monoisotopic (exact) mass is 523 g/mol. The number of aryl methyl sites for hydroxylation is 1. The van der Waals surface area contributed by atoms with Crippen LogP contribution in [0.4, 0.5) is 4.79 Å². The standard InChI is InChI=1S/C30H41N3O5/c1-6-7-18-31-27(35)25(23-15-11-12-20(2)26(23)34)33(22-16-17-22)28(36)24(19-21-13-9-8-10-14-21)32-29(37)38-30(3,4)5/h8-15,22,24-25,34H,6-7,16-19H2,1-5H3,(H,31,35)(H,32,37). The Kier molecular flexibility index (Phi) is 9.78. The molecule has 0 aromatic heterocycles. The van der Waals surface area contributed by atoms with Gasteiger partial charge >= 0.3 is 6.09 Å². The SMILES string of the molecule is CCCCNC(=O)C(c1cccc(C)c1O)N(C(=O)C(Cc1ccccc1)NC(=O)OC(C)(C)C)C1CC1. The largest absolute Gasteiger partial charge is 0.507 e. The maximum absolute atomic E-state index is 14.3. The van der Waals surface area contributed by atoms with E-state index in [1.165, 1.54) is 0 Å². The first-order chi connectivity index (χ1) is 18.0. The molecule has 1 saturated carbocycles. The normalized spacial score (nSPS) is 14.8. The van der Waals surface area contributed by atoms with Gasteiger partial charge in [-0.25, -0.2) is 4.79 Å². The van der Waals surface area contributed by atoms with Crippen molar-refractivity contribution in [1.29, 1.82) is 0 Å². The van der Waals surface area contributed by atoms with Crippen LogP contribution in [0.2, 0.25) is 0 Å². The molecule has 2 aromatic carbocycles. The molecule has 206 valence electrons. The Labute approximate surface area is 225 Å². The van der Waals surface area contributed by atoms with Crippen LogP contribution in [0, 0.1) is 6.92 Å². The van der Waals surface area contributed by atoms with Gasteiger partial charge in [-0.15, -0.1) is 0 Å². The van der Waals surface area contributed by atoms with Crippen molar-refractivity contribution in [1.82, 2.24) is 15.5 Å². The van der Waals surface area contributed by atoms with Crippen molar-refractivity contribution >= 4 is 17.9 Å². The van der Waals surface area contributed by atoms with Gasteiger partial charge in [0, 0.05) is 24.6 Å². The fourth-order valence-electron chi connectivity index (χ4n) is 4.36. The van der Waals surface area contributed by atoms with Crippen LogP contribution in [-0.2, 0) is 20.7 Å². The zero-order valence-electron chi connectivity index (χ0n) is 23.1. The second kappa shape index (κ2) is 12.8. The number of para-hydroxylation sites is 1. The van der Waals surface area contributed by atoms with Crippen LogP contribution >= 0.6 is 0 Å². The van der Waals surface area contributed by atoms with Gasteiger partial charge in [0.15, 0.2) is 0 Å². The molecule has 0 spiro atoms. The summed E-state index contributed by atoms with van der Waals surface area (Å²) in [6.45, 7) is 9.54. The lowest BCUT2D eigenvalue weighted by atomic mass is 9.97. The number of nitrogens with one attached hydrogen (secondary N) is 2. The number of amides is 3. The minimum atomic E-state index is -1.04. The molecule has 0 aliphatic heterocycles. The lowest BCUT2D eigenvalue weighted by Crippen LogP contribution is -2.54. The predicted octanol–water partition coefficient (Wildman–Crippen LogP) is 4.79. The maximum atomic E-state index is 14.3. The molecule has 1 fully saturated rings. The van der Waals surface area contributed by atoms with Crippen LogP contribution in [0.3, 0.4) is 0 Å². The summed E-state index contributed by atoms with van der Waals surface area (Å²) < 4.78 is 5.46. The van der Waals surface area contributed by atoms with E-state index in [1.54, 1.807) is 50.8 Å². The third kappa shape index (κ3) is 7.97. The highest BCUT2D eigenvalue weighted by atomic mass is 16.6. The molecule has 0 saturated heterocycles. The number of hydrogen-bond donors (Lipinski definition) is 3. The van der Waals surface area contributed by atoms with Crippen LogP contribution in [-0.4, -0.2) is 52.1 Å². The number of phenolic OH excluding ortho intramolecular Hbond substituents is 1. The van der Waals surface area contributed by atoms with E-state index in [0.717, 1.165) is 31.2 Å². The average Bonchev–Trinajstić information content (AvgIpc) is 3.68. The molecule has 1 aliphatic carbocycles. The molecule has 3 N–H and O–H groups in total. The van der Waals surface area contributed by atoms with Gasteiger partial charge in [0.2, 0.25) is 11.8 Å². The van der Waals surface area contributed by atoms with Crippen LogP contribution in [0.15, 0.2) is 48.5 Å². The van der Waals surface area contributed by atoms with Crippen molar-refractivity contribution in [3.05, 3.63) is 65.2 Å². The van der Waals surface area contributed by atoms with E-state index in [9.17, 15) is 19.5 Å². The number of carbonyl (C=O) groups is 3. The Morgan fingerprint density at radius 2 is 1.76 bits per heavy atom. The first kappa shape index (κ1) is 29.0. The molecular weight excluding hydrogens is 482 g/mol. The second-order valence-corrected chi connectivity index (χ2v) is 10.9. The molecule has 3 amide bonds. The van der Waals surface area contributed by atoms with E-state index in [-0.39, 0.29) is 24.1 Å². The molecule has 1 aliphatic rings. The van der Waals surface area contributed by atoms with Crippen LogP contribution in [0.1, 0.15) is 76.1 Å². The van der Waals surface area contributed by atoms with E-state index < -0.39 is 29.7 Å². The molecule has 2 atom stereocenters. The fourth-order valence-corrected chi connectivity index (χ4v) is 4.36. The van der Waals surface area contributed by atoms with Crippen molar-refractivity contribution in [2.24, 2.45) is 0 Å². The highest BCUT2D eigenvalue weighted by molar-refractivity contribution is 5.93. The molecule has 8 nitrogen and oxygen atoms in total. The van der Waals surface area contributed by atoms with Crippen LogP contribution in [0.5, 0.6) is 5.75 Å². The number of rotatable bonds is 11. The number of unbranched alkanes of at least 4 members (excludes halogenated alkanes) is 1. The summed E-state index contributed by atoms with van der Waals surface area (Å²) >= 11 is 0. The van der Waals surface area contributed by atoms with Crippen molar-refractivity contribution in [3.63, 3.8) is 0 Å². The number of phenols is 1. The molecule has 0 heterocycles. The van der Waals surface area contributed by atoms with E-state index in [0.29, 0.717) is 17.7 Å². The number of alkyl carbamates (subject to hydrolysis) is 1. The molecular formula is C30H41N3O5. The van der Waals surface area contributed by atoms with E-state index >= 15 is 0 Å². The predicted molar refractivity (Wildman–Crippen MR) is 147 cm³/mol. The zero-order chi connectivity index (χ0) is 27.9. The lowest BCUT2D eigenvalue weighted by Gasteiger charge is -2.35. The summed E-state index contributed by atoms with van der Waals surface area (Å²) in [5.41, 5.74) is 1.11. The summed E-state index contributed by atoms with van der Waals surface area (Å²) in [7, 11) is 0. The number of nitrogens with zero attached hydrogens (tertiary/aromatic N) is 1. The van der Waals surface area contributed by atoms with Gasteiger partial charge in [0.1, 0.15) is 23.4 Å². The molecule has 0 radical (unpaired) electrons.